The zero-order valence-electron chi connectivity index (χ0n) is 13.7. The summed E-state index contributed by atoms with van der Waals surface area (Å²) in [5.74, 6) is 1.12. The van der Waals surface area contributed by atoms with E-state index in [-0.39, 0.29) is 24.0 Å². The molecule has 1 heterocycles. The molecule has 1 rings (SSSR count). The topological polar surface area (TPSA) is 30.9 Å². The van der Waals surface area contributed by atoms with Crippen LogP contribution < -0.4 is 5.32 Å². The number of nitrogens with zero attached hydrogens (tertiary/aromatic N) is 3. The van der Waals surface area contributed by atoms with Crippen LogP contribution in [0.4, 0.5) is 0 Å². The van der Waals surface area contributed by atoms with E-state index in [2.05, 4.69) is 42.9 Å². The molecule has 1 saturated heterocycles. The van der Waals surface area contributed by atoms with Gasteiger partial charge in [-0.2, -0.15) is 0 Å². The standard InChI is InChI=1S/C15H32N4.HI/c1-5-16-15(19-12-8-9-13-19)17-10-6-7-11-18(4)14(2)3;/h14H,5-13H2,1-4H3,(H,16,17);1H. The van der Waals surface area contributed by atoms with Gasteiger partial charge in [0, 0.05) is 32.2 Å². The van der Waals surface area contributed by atoms with Gasteiger partial charge in [0.1, 0.15) is 0 Å². The number of halogens is 1. The van der Waals surface area contributed by atoms with Crippen molar-refractivity contribution in [2.45, 2.75) is 52.5 Å². The molecule has 5 heteroatoms. The predicted octanol–water partition coefficient (Wildman–Crippen LogP) is 2.79. The molecule has 1 aliphatic heterocycles. The second kappa shape index (κ2) is 11.6. The molecular weight excluding hydrogens is 363 g/mol. The van der Waals surface area contributed by atoms with Crippen LogP contribution in [0.3, 0.4) is 0 Å². The van der Waals surface area contributed by atoms with Crippen LogP contribution in [0.1, 0.15) is 46.5 Å². The SMILES string of the molecule is CCNC(=NCCCCN(C)C(C)C)N1CCCC1.I. The Bertz CT molecular complexity index is 263. The molecule has 20 heavy (non-hydrogen) atoms. The van der Waals surface area contributed by atoms with Gasteiger partial charge in [-0.15, -0.1) is 24.0 Å². The maximum Gasteiger partial charge on any atom is 0.193 e. The monoisotopic (exact) mass is 396 g/mol. The van der Waals surface area contributed by atoms with E-state index in [4.69, 9.17) is 4.99 Å². The van der Waals surface area contributed by atoms with E-state index in [1.54, 1.807) is 0 Å². The van der Waals surface area contributed by atoms with Gasteiger partial charge in [-0.3, -0.25) is 4.99 Å². The number of likely N-dealkylation sites (tertiary alicyclic amines) is 1. The first-order chi connectivity index (χ1) is 9.15. The Balaban J connectivity index is 0.00000361. The van der Waals surface area contributed by atoms with Gasteiger partial charge in [0.15, 0.2) is 5.96 Å². The van der Waals surface area contributed by atoms with E-state index in [1.165, 1.54) is 45.3 Å². The molecule has 0 aromatic heterocycles. The largest absolute Gasteiger partial charge is 0.357 e. The van der Waals surface area contributed by atoms with E-state index in [1.807, 2.05) is 0 Å². The second-order valence-electron chi connectivity index (χ2n) is 5.71. The molecule has 0 atom stereocenters. The minimum absolute atomic E-state index is 0. The smallest absolute Gasteiger partial charge is 0.193 e. The molecule has 0 bridgehead atoms. The van der Waals surface area contributed by atoms with Gasteiger partial charge in [0.05, 0.1) is 0 Å². The van der Waals surface area contributed by atoms with Crippen molar-refractivity contribution in [1.29, 1.82) is 0 Å². The summed E-state index contributed by atoms with van der Waals surface area (Å²) in [6, 6.07) is 0.644. The molecular formula is C15H33IN4. The molecule has 0 aliphatic carbocycles. The van der Waals surface area contributed by atoms with Crippen LogP contribution in [0.5, 0.6) is 0 Å². The molecule has 1 N–H and O–H groups in total. The third-order valence-corrected chi connectivity index (χ3v) is 3.80. The van der Waals surface area contributed by atoms with E-state index < -0.39 is 0 Å². The predicted molar refractivity (Wildman–Crippen MR) is 99.2 cm³/mol. The van der Waals surface area contributed by atoms with Gasteiger partial charge in [0.25, 0.3) is 0 Å². The second-order valence-corrected chi connectivity index (χ2v) is 5.71. The first-order valence-electron chi connectivity index (χ1n) is 7.88. The average Bonchev–Trinajstić information content (AvgIpc) is 2.90. The summed E-state index contributed by atoms with van der Waals surface area (Å²) in [6.45, 7) is 12.1. The number of nitrogens with one attached hydrogen (secondary N) is 1. The Hall–Kier alpha value is -0.0400. The highest BCUT2D eigenvalue weighted by atomic mass is 127. The van der Waals surface area contributed by atoms with Gasteiger partial charge in [-0.1, -0.05) is 0 Å². The van der Waals surface area contributed by atoms with E-state index >= 15 is 0 Å². The summed E-state index contributed by atoms with van der Waals surface area (Å²) in [7, 11) is 2.20. The van der Waals surface area contributed by atoms with Crippen LogP contribution in [0.15, 0.2) is 4.99 Å². The van der Waals surface area contributed by atoms with E-state index in [0.717, 1.165) is 19.0 Å². The van der Waals surface area contributed by atoms with Crippen LogP contribution in [0, 0.1) is 0 Å². The lowest BCUT2D eigenvalue weighted by atomic mass is 10.2. The summed E-state index contributed by atoms with van der Waals surface area (Å²) in [4.78, 5) is 9.54. The van der Waals surface area contributed by atoms with Crippen LogP contribution >= 0.6 is 24.0 Å². The summed E-state index contributed by atoms with van der Waals surface area (Å²) in [5, 5.41) is 3.41. The highest BCUT2D eigenvalue weighted by molar-refractivity contribution is 14.0. The van der Waals surface area contributed by atoms with Crippen molar-refractivity contribution in [3.8, 4) is 0 Å². The van der Waals surface area contributed by atoms with Crippen molar-refractivity contribution in [2.75, 3.05) is 39.8 Å². The molecule has 0 unspecified atom stereocenters. The van der Waals surface area contributed by atoms with Crippen molar-refractivity contribution in [3.05, 3.63) is 0 Å². The van der Waals surface area contributed by atoms with Gasteiger partial charge < -0.3 is 15.1 Å². The lowest BCUT2D eigenvalue weighted by molar-refractivity contribution is 0.269. The minimum Gasteiger partial charge on any atom is -0.357 e. The van der Waals surface area contributed by atoms with Gasteiger partial charge in [-0.05, 0) is 60.0 Å². The molecule has 120 valence electrons. The van der Waals surface area contributed by atoms with E-state index in [0.29, 0.717) is 6.04 Å². The summed E-state index contributed by atoms with van der Waals surface area (Å²) >= 11 is 0. The fourth-order valence-corrected chi connectivity index (χ4v) is 2.27. The first kappa shape index (κ1) is 20.0. The Labute approximate surface area is 142 Å². The fourth-order valence-electron chi connectivity index (χ4n) is 2.27. The summed E-state index contributed by atoms with van der Waals surface area (Å²) < 4.78 is 0. The van der Waals surface area contributed by atoms with Crippen molar-refractivity contribution in [3.63, 3.8) is 0 Å². The van der Waals surface area contributed by atoms with Crippen molar-refractivity contribution in [2.24, 2.45) is 4.99 Å². The fraction of sp³-hybridized carbons (Fsp3) is 0.933. The maximum absolute atomic E-state index is 4.75. The zero-order valence-corrected chi connectivity index (χ0v) is 16.0. The van der Waals surface area contributed by atoms with Crippen molar-refractivity contribution < 1.29 is 0 Å². The number of hydrogen-bond acceptors (Lipinski definition) is 2. The number of unbranched alkanes of at least 4 members (excludes halogenated alkanes) is 1. The summed E-state index contributed by atoms with van der Waals surface area (Å²) in [5.41, 5.74) is 0. The zero-order chi connectivity index (χ0) is 14.1. The Kier molecular flexibility index (Phi) is 11.6. The lowest BCUT2D eigenvalue weighted by Crippen LogP contribution is -2.39. The molecule has 0 spiro atoms. The van der Waals surface area contributed by atoms with Crippen LogP contribution in [-0.4, -0.2) is 61.6 Å². The van der Waals surface area contributed by atoms with Gasteiger partial charge >= 0.3 is 0 Å². The number of aliphatic imine (C=N–C) groups is 1. The Morgan fingerprint density at radius 3 is 2.45 bits per heavy atom. The number of hydrogen-bond donors (Lipinski definition) is 1. The Morgan fingerprint density at radius 2 is 1.90 bits per heavy atom. The van der Waals surface area contributed by atoms with E-state index in [9.17, 15) is 0 Å². The molecule has 1 aliphatic rings. The Morgan fingerprint density at radius 1 is 1.25 bits per heavy atom. The highest BCUT2D eigenvalue weighted by Crippen LogP contribution is 2.07. The van der Waals surface area contributed by atoms with Gasteiger partial charge in [-0.25, -0.2) is 0 Å². The normalized spacial score (nSPS) is 15.9. The average molecular weight is 396 g/mol. The summed E-state index contributed by atoms with van der Waals surface area (Å²) in [6.07, 6.45) is 5.03. The molecule has 1 fully saturated rings. The number of guanidine groups is 1. The molecule has 0 aromatic carbocycles. The molecule has 0 aromatic rings. The lowest BCUT2D eigenvalue weighted by Gasteiger charge is -2.21. The van der Waals surface area contributed by atoms with Crippen molar-refractivity contribution in [1.82, 2.24) is 15.1 Å². The van der Waals surface area contributed by atoms with Crippen LogP contribution in [0.2, 0.25) is 0 Å². The molecule has 4 nitrogen and oxygen atoms in total. The quantitative estimate of drug-likeness (QED) is 0.311. The van der Waals surface area contributed by atoms with Crippen molar-refractivity contribution >= 4 is 29.9 Å². The van der Waals surface area contributed by atoms with Crippen LogP contribution in [-0.2, 0) is 0 Å². The third-order valence-electron chi connectivity index (χ3n) is 3.80. The molecule has 0 radical (unpaired) electrons. The maximum atomic E-state index is 4.75. The van der Waals surface area contributed by atoms with Gasteiger partial charge in [0.2, 0.25) is 0 Å². The molecule has 0 saturated carbocycles. The third kappa shape index (κ3) is 7.67. The highest BCUT2D eigenvalue weighted by Gasteiger charge is 2.14. The minimum atomic E-state index is 0. The molecule has 0 amide bonds. The first-order valence-corrected chi connectivity index (χ1v) is 7.88. The van der Waals surface area contributed by atoms with Crippen LogP contribution in [0.25, 0.3) is 0 Å². The number of rotatable bonds is 7.